The van der Waals surface area contributed by atoms with Crippen LogP contribution in [0, 0.1) is 5.82 Å². The van der Waals surface area contributed by atoms with Crippen molar-refractivity contribution in [3.05, 3.63) is 52.8 Å². The van der Waals surface area contributed by atoms with E-state index in [1.807, 2.05) is 13.8 Å². The minimum atomic E-state index is -3.46. The highest BCUT2D eigenvalue weighted by atomic mass is 35.5. The van der Waals surface area contributed by atoms with Crippen LogP contribution in [0.3, 0.4) is 0 Å². The van der Waals surface area contributed by atoms with Crippen LogP contribution in [0.4, 0.5) is 10.1 Å². The van der Waals surface area contributed by atoms with Crippen LogP contribution < -0.4 is 9.64 Å². The molecule has 2 aliphatic rings. The molecule has 0 N–H and O–H groups in total. The zero-order valence-electron chi connectivity index (χ0n) is 19.6. The van der Waals surface area contributed by atoms with Crippen LogP contribution >= 0.6 is 11.6 Å². The first kappa shape index (κ1) is 24.8. The van der Waals surface area contributed by atoms with Crippen molar-refractivity contribution < 1.29 is 22.3 Å². The molecule has 4 rings (SSSR count). The molecule has 0 spiro atoms. The third kappa shape index (κ3) is 4.38. The maximum absolute atomic E-state index is 13.4. The number of hydrogen-bond acceptors (Lipinski definition) is 5. The van der Waals surface area contributed by atoms with E-state index >= 15 is 0 Å². The third-order valence-corrected chi connectivity index (χ3v) is 9.81. The summed E-state index contributed by atoms with van der Waals surface area (Å²) in [6.07, 6.45) is 2.85. The molecule has 1 amide bonds. The molecule has 9 heteroatoms. The van der Waals surface area contributed by atoms with Crippen LogP contribution in [0.2, 0.25) is 5.02 Å². The largest absolute Gasteiger partial charge is 0.495 e. The summed E-state index contributed by atoms with van der Waals surface area (Å²) in [7, 11) is -1.89. The Labute approximate surface area is 205 Å². The average molecular weight is 509 g/mol. The van der Waals surface area contributed by atoms with E-state index in [1.54, 1.807) is 30.2 Å². The topological polar surface area (TPSA) is 66.9 Å². The molecule has 2 fully saturated rings. The van der Waals surface area contributed by atoms with Crippen LogP contribution in [0.25, 0.3) is 0 Å². The summed E-state index contributed by atoms with van der Waals surface area (Å²) in [6.45, 7) is 4.71. The number of hydrogen-bond donors (Lipinski definition) is 0. The predicted octanol–water partition coefficient (Wildman–Crippen LogP) is 4.94. The van der Waals surface area contributed by atoms with Gasteiger partial charge in [-0.25, -0.2) is 12.8 Å². The first-order chi connectivity index (χ1) is 16.2. The van der Waals surface area contributed by atoms with E-state index in [2.05, 4.69) is 4.90 Å². The van der Waals surface area contributed by atoms with Gasteiger partial charge in [0, 0.05) is 25.2 Å². The Kier molecular flexibility index (Phi) is 7.10. The van der Waals surface area contributed by atoms with Gasteiger partial charge in [0.25, 0.3) is 5.91 Å². The number of likely N-dealkylation sites (tertiary alicyclic amines) is 1. The number of ether oxygens (including phenoxy) is 1. The lowest BCUT2D eigenvalue weighted by Crippen LogP contribution is -2.55. The van der Waals surface area contributed by atoms with Gasteiger partial charge in [-0.1, -0.05) is 25.4 Å². The maximum atomic E-state index is 13.4. The molecule has 2 bridgehead atoms. The first-order valence-corrected chi connectivity index (χ1v) is 13.6. The number of amides is 1. The molecule has 0 aromatic heterocycles. The van der Waals surface area contributed by atoms with Crippen LogP contribution in [0.15, 0.2) is 41.3 Å². The van der Waals surface area contributed by atoms with E-state index in [4.69, 9.17) is 16.3 Å². The molecule has 2 heterocycles. The average Bonchev–Trinajstić information content (AvgIpc) is 3.07. The molecule has 0 unspecified atom stereocenters. The summed E-state index contributed by atoms with van der Waals surface area (Å²) in [5.41, 5.74) is 1.03. The molecule has 2 saturated heterocycles. The van der Waals surface area contributed by atoms with E-state index in [0.717, 1.165) is 24.6 Å². The Morgan fingerprint density at radius 1 is 1.12 bits per heavy atom. The fourth-order valence-electron chi connectivity index (χ4n) is 5.26. The number of halogens is 2. The van der Waals surface area contributed by atoms with E-state index in [0.29, 0.717) is 36.6 Å². The highest BCUT2D eigenvalue weighted by Gasteiger charge is 2.43. The van der Waals surface area contributed by atoms with Crippen molar-refractivity contribution in [3.8, 4) is 5.75 Å². The SMILES string of the molecule is CCC(CC)S(=O)(=O)c1ccc(OC)c(N2[C@@H]3CC[C@H]2CN(C(=O)c2ccc(F)cc2Cl)C3)c1. The van der Waals surface area contributed by atoms with Crippen LogP contribution in [-0.2, 0) is 9.84 Å². The van der Waals surface area contributed by atoms with Gasteiger partial charge in [-0.3, -0.25) is 4.79 Å². The highest BCUT2D eigenvalue weighted by molar-refractivity contribution is 7.92. The minimum Gasteiger partial charge on any atom is -0.495 e. The maximum Gasteiger partial charge on any atom is 0.255 e. The number of benzene rings is 2. The Bertz CT molecular complexity index is 1170. The standard InChI is InChI=1S/C25H30ClFN2O4S/c1-4-19(5-2)34(31,32)20-9-11-24(33-3)23(13-20)29-17-7-8-18(29)15-28(14-17)25(30)21-10-6-16(27)12-22(21)26/h6,9-13,17-19H,4-5,7-8,14-15H2,1-3H3/t17-,18+. The number of nitrogens with zero attached hydrogens (tertiary/aromatic N) is 2. The Hall–Kier alpha value is -2.32. The number of rotatable bonds is 7. The zero-order chi connectivity index (χ0) is 24.6. The minimum absolute atomic E-state index is 0.0157. The molecule has 0 aliphatic carbocycles. The van der Waals surface area contributed by atoms with Gasteiger partial charge in [0.2, 0.25) is 0 Å². The molecule has 2 aromatic rings. The predicted molar refractivity (Wildman–Crippen MR) is 131 cm³/mol. The van der Waals surface area contributed by atoms with Crippen molar-refractivity contribution >= 4 is 33.0 Å². The van der Waals surface area contributed by atoms with Gasteiger partial charge in [-0.15, -0.1) is 0 Å². The molecule has 2 atom stereocenters. The van der Waals surface area contributed by atoms with E-state index in [-0.39, 0.29) is 28.6 Å². The first-order valence-electron chi connectivity index (χ1n) is 11.7. The van der Waals surface area contributed by atoms with Crippen LogP contribution in [0.5, 0.6) is 5.75 Å². The Morgan fingerprint density at radius 3 is 2.32 bits per heavy atom. The second kappa shape index (κ2) is 9.74. The zero-order valence-corrected chi connectivity index (χ0v) is 21.2. The van der Waals surface area contributed by atoms with Crippen molar-refractivity contribution in [1.29, 1.82) is 0 Å². The van der Waals surface area contributed by atoms with Crippen molar-refractivity contribution in [2.75, 3.05) is 25.1 Å². The molecule has 184 valence electrons. The summed E-state index contributed by atoms with van der Waals surface area (Å²) in [6, 6.07) is 8.91. The molecule has 2 aromatic carbocycles. The van der Waals surface area contributed by atoms with Crippen LogP contribution in [-0.4, -0.2) is 56.8 Å². The van der Waals surface area contributed by atoms with Gasteiger partial charge >= 0.3 is 0 Å². The number of fused-ring (bicyclic) bond motifs is 2. The summed E-state index contributed by atoms with van der Waals surface area (Å²) >= 11 is 6.13. The number of carbonyl (C=O) groups excluding carboxylic acids is 1. The number of carbonyl (C=O) groups is 1. The quantitative estimate of drug-likeness (QED) is 0.529. The monoisotopic (exact) mass is 508 g/mol. The molecular weight excluding hydrogens is 479 g/mol. The summed E-state index contributed by atoms with van der Waals surface area (Å²) in [5.74, 6) is -0.0953. The van der Waals surface area contributed by atoms with E-state index in [9.17, 15) is 17.6 Å². The lowest BCUT2D eigenvalue weighted by atomic mass is 10.1. The summed E-state index contributed by atoms with van der Waals surface area (Å²) in [4.78, 5) is 17.4. The molecule has 34 heavy (non-hydrogen) atoms. The van der Waals surface area contributed by atoms with Gasteiger partial charge in [0.15, 0.2) is 9.84 Å². The van der Waals surface area contributed by atoms with Crippen molar-refractivity contribution in [2.24, 2.45) is 0 Å². The Balaban J connectivity index is 1.64. The number of piperazine rings is 1. The van der Waals surface area contributed by atoms with E-state index in [1.165, 1.54) is 12.1 Å². The lowest BCUT2D eigenvalue weighted by Gasteiger charge is -2.43. The number of anilines is 1. The van der Waals surface area contributed by atoms with Crippen molar-refractivity contribution in [1.82, 2.24) is 4.90 Å². The summed E-state index contributed by atoms with van der Waals surface area (Å²) < 4.78 is 45.5. The molecule has 0 saturated carbocycles. The lowest BCUT2D eigenvalue weighted by molar-refractivity contribution is 0.0718. The Morgan fingerprint density at radius 2 is 1.76 bits per heavy atom. The summed E-state index contributed by atoms with van der Waals surface area (Å²) in [5, 5.41) is -0.332. The van der Waals surface area contributed by atoms with Gasteiger partial charge in [-0.05, 0) is 62.1 Å². The molecule has 2 aliphatic heterocycles. The number of sulfone groups is 1. The van der Waals surface area contributed by atoms with Crippen molar-refractivity contribution in [3.63, 3.8) is 0 Å². The van der Waals surface area contributed by atoms with Crippen molar-refractivity contribution in [2.45, 2.75) is 61.8 Å². The number of methoxy groups -OCH3 is 1. The highest BCUT2D eigenvalue weighted by Crippen LogP contribution is 2.41. The van der Waals surface area contributed by atoms with Crippen LogP contribution in [0.1, 0.15) is 49.9 Å². The third-order valence-electron chi connectivity index (χ3n) is 7.04. The van der Waals surface area contributed by atoms with Gasteiger partial charge < -0.3 is 14.5 Å². The normalized spacial score (nSPS) is 20.2. The van der Waals surface area contributed by atoms with Gasteiger partial charge in [0.1, 0.15) is 11.6 Å². The smallest absolute Gasteiger partial charge is 0.255 e. The second-order valence-electron chi connectivity index (χ2n) is 8.94. The van der Waals surface area contributed by atoms with E-state index < -0.39 is 20.9 Å². The van der Waals surface area contributed by atoms with Gasteiger partial charge in [-0.2, -0.15) is 0 Å². The van der Waals surface area contributed by atoms with Gasteiger partial charge in [0.05, 0.1) is 33.5 Å². The second-order valence-corrected chi connectivity index (χ2v) is 11.6. The fourth-order valence-corrected chi connectivity index (χ4v) is 7.31. The fraction of sp³-hybridized carbons (Fsp3) is 0.480. The molecule has 0 radical (unpaired) electrons. The molecular formula is C25H30ClFN2O4S. The molecule has 6 nitrogen and oxygen atoms in total.